The van der Waals surface area contributed by atoms with Gasteiger partial charge < -0.3 is 4.74 Å². The molecule has 0 aliphatic heterocycles. The van der Waals surface area contributed by atoms with Gasteiger partial charge in [0, 0.05) is 19.3 Å². The van der Waals surface area contributed by atoms with Crippen molar-refractivity contribution >= 4 is 11.8 Å². The van der Waals surface area contributed by atoms with Gasteiger partial charge in [0.05, 0.1) is 7.11 Å². The maximum Gasteiger partial charge on any atom is 0.305 e. The molecule has 0 aromatic heterocycles. The molecular formula is C16H22O3. The van der Waals surface area contributed by atoms with Crippen LogP contribution in [0.4, 0.5) is 0 Å². The Kier molecular flexibility index (Phi) is 7.56. The van der Waals surface area contributed by atoms with E-state index in [-0.39, 0.29) is 5.97 Å². The van der Waals surface area contributed by atoms with Gasteiger partial charge in [-0.15, -0.1) is 0 Å². The zero-order valence-corrected chi connectivity index (χ0v) is 11.6. The predicted molar refractivity (Wildman–Crippen MR) is 74.9 cm³/mol. The van der Waals surface area contributed by atoms with Crippen molar-refractivity contribution in [2.24, 2.45) is 0 Å². The first kappa shape index (κ1) is 15.4. The van der Waals surface area contributed by atoms with Gasteiger partial charge >= 0.3 is 5.97 Å². The Hall–Kier alpha value is -1.64. The number of ether oxygens (including phenoxy) is 1. The summed E-state index contributed by atoms with van der Waals surface area (Å²) in [6.07, 6.45) is 5.38. The first-order chi connectivity index (χ1) is 9.22. The number of unbranched alkanes of at least 4 members (excludes halogenated alkanes) is 3. The summed E-state index contributed by atoms with van der Waals surface area (Å²) in [5, 5.41) is 0. The second kappa shape index (κ2) is 9.31. The molecule has 0 saturated carbocycles. The number of esters is 1. The highest BCUT2D eigenvalue weighted by molar-refractivity contribution is 5.80. The summed E-state index contributed by atoms with van der Waals surface area (Å²) in [4.78, 5) is 22.6. The minimum Gasteiger partial charge on any atom is -0.469 e. The average Bonchev–Trinajstić information content (AvgIpc) is 2.43. The third-order valence-electron chi connectivity index (χ3n) is 3.06. The maximum atomic E-state index is 11.7. The van der Waals surface area contributed by atoms with Gasteiger partial charge in [0.2, 0.25) is 0 Å². The van der Waals surface area contributed by atoms with E-state index >= 15 is 0 Å². The van der Waals surface area contributed by atoms with E-state index in [0.29, 0.717) is 25.0 Å². The number of carbonyl (C=O) groups is 2. The normalized spacial score (nSPS) is 10.2. The van der Waals surface area contributed by atoms with Crippen LogP contribution in [0.1, 0.15) is 44.1 Å². The molecular weight excluding hydrogens is 240 g/mol. The molecule has 0 saturated heterocycles. The molecule has 0 heterocycles. The van der Waals surface area contributed by atoms with Gasteiger partial charge in [0.1, 0.15) is 5.78 Å². The predicted octanol–water partition coefficient (Wildman–Crippen LogP) is 3.31. The van der Waals surface area contributed by atoms with Crippen molar-refractivity contribution in [2.75, 3.05) is 7.11 Å². The lowest BCUT2D eigenvalue weighted by atomic mass is 10.0. The van der Waals surface area contributed by atoms with Gasteiger partial charge in [0.15, 0.2) is 0 Å². The number of Topliss-reactive ketones (excluding diaryl/α,β-unsaturated/α-hetero) is 1. The number of ketones is 1. The molecule has 19 heavy (non-hydrogen) atoms. The Bertz CT molecular complexity index is 384. The van der Waals surface area contributed by atoms with E-state index in [9.17, 15) is 9.59 Å². The Morgan fingerprint density at radius 1 is 0.947 bits per heavy atom. The van der Waals surface area contributed by atoms with Crippen molar-refractivity contribution in [3.63, 3.8) is 0 Å². The topological polar surface area (TPSA) is 43.4 Å². The zero-order chi connectivity index (χ0) is 13.9. The molecule has 0 spiro atoms. The zero-order valence-electron chi connectivity index (χ0n) is 11.6. The fraction of sp³-hybridized carbons (Fsp3) is 0.500. The van der Waals surface area contributed by atoms with Crippen LogP contribution in [0.25, 0.3) is 0 Å². The van der Waals surface area contributed by atoms with Crippen molar-refractivity contribution in [3.05, 3.63) is 35.9 Å². The molecule has 3 nitrogen and oxygen atoms in total. The first-order valence-electron chi connectivity index (χ1n) is 6.85. The third kappa shape index (κ3) is 7.39. The van der Waals surface area contributed by atoms with E-state index in [0.717, 1.165) is 31.2 Å². The highest BCUT2D eigenvalue weighted by atomic mass is 16.5. The number of rotatable bonds is 9. The van der Waals surface area contributed by atoms with Crippen molar-refractivity contribution in [1.29, 1.82) is 0 Å². The molecule has 0 amide bonds. The number of methoxy groups -OCH3 is 1. The van der Waals surface area contributed by atoms with E-state index in [1.165, 1.54) is 7.11 Å². The molecule has 0 atom stereocenters. The standard InChI is InChI=1S/C16H22O3/c1-19-16(18)12-8-3-2-7-11-15(17)13-14-9-5-4-6-10-14/h4-6,9-10H,2-3,7-8,11-13H2,1H3. The largest absolute Gasteiger partial charge is 0.469 e. The average molecular weight is 262 g/mol. The van der Waals surface area contributed by atoms with Crippen LogP contribution in [0, 0.1) is 0 Å². The Labute approximate surface area is 115 Å². The van der Waals surface area contributed by atoms with Crippen LogP contribution in [0.15, 0.2) is 30.3 Å². The maximum absolute atomic E-state index is 11.7. The molecule has 104 valence electrons. The Balaban J connectivity index is 2.03. The number of hydrogen-bond donors (Lipinski definition) is 0. The molecule has 0 bridgehead atoms. The molecule has 0 fully saturated rings. The van der Waals surface area contributed by atoms with E-state index < -0.39 is 0 Å². The summed E-state index contributed by atoms with van der Waals surface area (Å²) in [6.45, 7) is 0. The number of hydrogen-bond acceptors (Lipinski definition) is 3. The van der Waals surface area contributed by atoms with Crippen LogP contribution in [-0.2, 0) is 20.7 Å². The van der Waals surface area contributed by atoms with Gasteiger partial charge in [-0.05, 0) is 18.4 Å². The summed E-state index contributed by atoms with van der Waals surface area (Å²) >= 11 is 0. The van der Waals surface area contributed by atoms with Crippen LogP contribution in [-0.4, -0.2) is 18.9 Å². The monoisotopic (exact) mass is 262 g/mol. The highest BCUT2D eigenvalue weighted by Gasteiger charge is 2.04. The molecule has 1 aromatic rings. The number of benzene rings is 1. The third-order valence-corrected chi connectivity index (χ3v) is 3.06. The quantitative estimate of drug-likeness (QED) is 0.506. The van der Waals surface area contributed by atoms with Crippen molar-refractivity contribution in [1.82, 2.24) is 0 Å². The molecule has 0 unspecified atom stereocenters. The minimum absolute atomic E-state index is 0.153. The van der Waals surface area contributed by atoms with Crippen molar-refractivity contribution < 1.29 is 14.3 Å². The van der Waals surface area contributed by atoms with Gasteiger partial charge in [-0.3, -0.25) is 9.59 Å². The number of carbonyl (C=O) groups excluding carboxylic acids is 2. The second-order valence-corrected chi connectivity index (χ2v) is 4.69. The lowest BCUT2D eigenvalue weighted by Crippen LogP contribution is -2.02. The van der Waals surface area contributed by atoms with Crippen LogP contribution in [0.2, 0.25) is 0 Å². The lowest BCUT2D eigenvalue weighted by Gasteiger charge is -2.02. The molecule has 1 aromatic carbocycles. The van der Waals surface area contributed by atoms with Crippen molar-refractivity contribution in [2.45, 2.75) is 44.9 Å². The minimum atomic E-state index is -0.153. The molecule has 3 heteroatoms. The molecule has 0 radical (unpaired) electrons. The highest BCUT2D eigenvalue weighted by Crippen LogP contribution is 2.08. The van der Waals surface area contributed by atoms with Crippen LogP contribution >= 0.6 is 0 Å². The Morgan fingerprint density at radius 3 is 2.21 bits per heavy atom. The fourth-order valence-corrected chi connectivity index (χ4v) is 1.96. The van der Waals surface area contributed by atoms with E-state index in [2.05, 4.69) is 4.74 Å². The van der Waals surface area contributed by atoms with Crippen LogP contribution in [0.5, 0.6) is 0 Å². The van der Waals surface area contributed by atoms with Crippen LogP contribution in [0.3, 0.4) is 0 Å². The summed E-state index contributed by atoms with van der Waals surface area (Å²) in [7, 11) is 1.41. The summed E-state index contributed by atoms with van der Waals surface area (Å²) in [6, 6.07) is 9.82. The van der Waals surface area contributed by atoms with E-state index in [4.69, 9.17) is 0 Å². The Morgan fingerprint density at radius 2 is 1.58 bits per heavy atom. The summed E-state index contributed by atoms with van der Waals surface area (Å²) in [5.41, 5.74) is 1.08. The van der Waals surface area contributed by atoms with Gasteiger partial charge in [-0.1, -0.05) is 43.2 Å². The van der Waals surface area contributed by atoms with Gasteiger partial charge in [-0.2, -0.15) is 0 Å². The van der Waals surface area contributed by atoms with Crippen molar-refractivity contribution in [3.8, 4) is 0 Å². The lowest BCUT2D eigenvalue weighted by molar-refractivity contribution is -0.140. The molecule has 0 N–H and O–H groups in total. The molecule has 1 rings (SSSR count). The van der Waals surface area contributed by atoms with Gasteiger partial charge in [-0.25, -0.2) is 0 Å². The molecule has 0 aliphatic rings. The summed E-state index contributed by atoms with van der Waals surface area (Å²) in [5.74, 6) is 0.138. The summed E-state index contributed by atoms with van der Waals surface area (Å²) < 4.78 is 4.57. The van der Waals surface area contributed by atoms with E-state index in [1.807, 2.05) is 30.3 Å². The van der Waals surface area contributed by atoms with Gasteiger partial charge in [0.25, 0.3) is 0 Å². The smallest absolute Gasteiger partial charge is 0.305 e. The SMILES string of the molecule is COC(=O)CCCCCCC(=O)Cc1ccccc1. The fourth-order valence-electron chi connectivity index (χ4n) is 1.96. The van der Waals surface area contributed by atoms with Crippen LogP contribution < -0.4 is 0 Å². The molecule has 0 aliphatic carbocycles. The van der Waals surface area contributed by atoms with E-state index in [1.54, 1.807) is 0 Å². The second-order valence-electron chi connectivity index (χ2n) is 4.69. The first-order valence-corrected chi connectivity index (χ1v) is 6.85.